The smallest absolute Gasteiger partial charge is 0.354 e. The van der Waals surface area contributed by atoms with Crippen LogP contribution in [0.25, 0.3) is 10.9 Å². The van der Waals surface area contributed by atoms with Gasteiger partial charge in [0.05, 0.1) is 6.20 Å². The largest absolute Gasteiger partial charge is 0.491 e. The first-order valence-electron chi connectivity index (χ1n) is 3.73. The van der Waals surface area contributed by atoms with Crippen LogP contribution in [0.3, 0.4) is 0 Å². The highest BCUT2D eigenvalue weighted by atomic mass is 16.4. The number of hydrogen-bond acceptors (Lipinski definition) is 5. The molecule has 0 atom stereocenters. The molecular weight excluding hydrogens is 186 g/mol. The highest BCUT2D eigenvalue weighted by molar-refractivity contribution is 5.90. The summed E-state index contributed by atoms with van der Waals surface area (Å²) in [7, 11) is 0. The quantitative estimate of drug-likeness (QED) is 0.678. The van der Waals surface area contributed by atoms with Gasteiger partial charge >= 0.3 is 5.97 Å². The lowest BCUT2D eigenvalue weighted by Gasteiger charge is -1.98. The molecule has 2 aromatic rings. The molecule has 6 heteroatoms. The third-order valence-electron chi connectivity index (χ3n) is 1.71. The molecule has 6 nitrogen and oxygen atoms in total. The van der Waals surface area contributed by atoms with Crippen LogP contribution < -0.4 is 0 Å². The van der Waals surface area contributed by atoms with Crippen LogP contribution in [-0.4, -0.2) is 31.4 Å². The van der Waals surface area contributed by atoms with Crippen LogP contribution in [0.5, 0.6) is 5.88 Å². The molecule has 2 rings (SSSR count). The van der Waals surface area contributed by atoms with Gasteiger partial charge in [-0.15, -0.1) is 5.10 Å². The molecule has 0 spiro atoms. The molecule has 0 unspecified atom stereocenters. The summed E-state index contributed by atoms with van der Waals surface area (Å²) < 4.78 is 0. The molecule has 2 aromatic heterocycles. The van der Waals surface area contributed by atoms with E-state index < -0.39 is 5.97 Å². The van der Waals surface area contributed by atoms with E-state index >= 15 is 0 Å². The molecule has 0 saturated heterocycles. The Labute approximate surface area is 77.9 Å². The Balaban J connectivity index is 2.76. The van der Waals surface area contributed by atoms with Gasteiger partial charge in [-0.1, -0.05) is 0 Å². The fourth-order valence-electron chi connectivity index (χ4n) is 1.07. The molecule has 0 fully saturated rings. The number of aromatic hydroxyl groups is 1. The first kappa shape index (κ1) is 8.36. The zero-order valence-electron chi connectivity index (χ0n) is 6.88. The average Bonchev–Trinajstić information content (AvgIpc) is 2.18. The number of carboxylic acid groups (broad SMARTS) is 1. The van der Waals surface area contributed by atoms with Gasteiger partial charge < -0.3 is 10.2 Å². The van der Waals surface area contributed by atoms with Crippen molar-refractivity contribution in [1.82, 2.24) is 15.2 Å². The summed E-state index contributed by atoms with van der Waals surface area (Å²) in [5, 5.41) is 25.3. The Morgan fingerprint density at radius 3 is 2.86 bits per heavy atom. The molecule has 0 aliphatic carbocycles. The van der Waals surface area contributed by atoms with Crippen LogP contribution in [0.2, 0.25) is 0 Å². The van der Waals surface area contributed by atoms with Crippen molar-refractivity contribution in [2.75, 3.05) is 0 Å². The molecule has 0 aliphatic rings. The van der Waals surface area contributed by atoms with E-state index in [9.17, 15) is 9.90 Å². The first-order valence-corrected chi connectivity index (χ1v) is 3.73. The van der Waals surface area contributed by atoms with Crippen LogP contribution in [-0.2, 0) is 0 Å². The highest BCUT2D eigenvalue weighted by Gasteiger charge is 2.08. The Hall–Kier alpha value is -2.24. The predicted molar refractivity (Wildman–Crippen MR) is 46.0 cm³/mol. The summed E-state index contributed by atoms with van der Waals surface area (Å²) in [5.74, 6) is -1.52. The third kappa shape index (κ3) is 1.22. The molecule has 2 N–H and O–H groups in total. The van der Waals surface area contributed by atoms with E-state index in [4.69, 9.17) is 5.11 Å². The number of carboxylic acids is 1. The normalized spacial score (nSPS) is 10.3. The van der Waals surface area contributed by atoms with Crippen LogP contribution in [0, 0.1) is 0 Å². The summed E-state index contributed by atoms with van der Waals surface area (Å²) in [6, 6.07) is 2.85. The Morgan fingerprint density at radius 1 is 1.36 bits per heavy atom. The van der Waals surface area contributed by atoms with Crippen molar-refractivity contribution >= 4 is 16.9 Å². The number of fused-ring (bicyclic) bond motifs is 1. The Bertz CT molecular complexity index is 512. The summed E-state index contributed by atoms with van der Waals surface area (Å²) in [4.78, 5) is 14.3. The van der Waals surface area contributed by atoms with Gasteiger partial charge in [-0.05, 0) is 12.1 Å². The van der Waals surface area contributed by atoms with E-state index in [1.807, 2.05) is 0 Å². The maximum atomic E-state index is 10.6. The molecule has 2 heterocycles. The van der Waals surface area contributed by atoms with Gasteiger partial charge in [0, 0.05) is 5.39 Å². The van der Waals surface area contributed by atoms with Crippen molar-refractivity contribution in [3.63, 3.8) is 0 Å². The topological polar surface area (TPSA) is 96.2 Å². The minimum atomic E-state index is -1.15. The van der Waals surface area contributed by atoms with E-state index in [1.54, 1.807) is 0 Å². The van der Waals surface area contributed by atoms with E-state index in [2.05, 4.69) is 15.2 Å². The summed E-state index contributed by atoms with van der Waals surface area (Å²) >= 11 is 0. The lowest BCUT2D eigenvalue weighted by Crippen LogP contribution is -2.00. The molecule has 0 aliphatic heterocycles. The molecule has 70 valence electrons. The fraction of sp³-hybridized carbons (Fsp3) is 0. The van der Waals surface area contributed by atoms with Gasteiger partial charge in [0.15, 0.2) is 0 Å². The third-order valence-corrected chi connectivity index (χ3v) is 1.71. The van der Waals surface area contributed by atoms with E-state index in [-0.39, 0.29) is 17.1 Å². The van der Waals surface area contributed by atoms with Crippen LogP contribution >= 0.6 is 0 Å². The number of rotatable bonds is 1. The minimum Gasteiger partial charge on any atom is -0.491 e. The van der Waals surface area contributed by atoms with Crippen LogP contribution in [0.4, 0.5) is 0 Å². The molecule has 0 bridgehead atoms. The van der Waals surface area contributed by atoms with Crippen LogP contribution in [0.15, 0.2) is 18.3 Å². The number of nitrogens with zero attached hydrogens (tertiary/aromatic N) is 3. The second-order valence-electron chi connectivity index (χ2n) is 2.61. The number of aromatic nitrogens is 3. The van der Waals surface area contributed by atoms with Crippen molar-refractivity contribution in [2.24, 2.45) is 0 Å². The molecular formula is C8H5N3O3. The molecule has 0 radical (unpaired) electrons. The minimum absolute atomic E-state index is 0.138. The maximum Gasteiger partial charge on any atom is 0.354 e. The fourth-order valence-corrected chi connectivity index (χ4v) is 1.07. The average molecular weight is 191 g/mol. The monoisotopic (exact) mass is 191 g/mol. The molecule has 14 heavy (non-hydrogen) atoms. The number of hydrogen-bond donors (Lipinski definition) is 2. The van der Waals surface area contributed by atoms with E-state index in [0.717, 1.165) is 0 Å². The van der Waals surface area contributed by atoms with Crippen molar-refractivity contribution in [1.29, 1.82) is 0 Å². The SMILES string of the molecule is O=C(O)c1ccc2cnnc(O)c2n1. The summed E-state index contributed by atoms with van der Waals surface area (Å²) in [6.07, 6.45) is 1.40. The van der Waals surface area contributed by atoms with Gasteiger partial charge in [0.2, 0.25) is 0 Å². The van der Waals surface area contributed by atoms with Crippen molar-refractivity contribution in [3.8, 4) is 5.88 Å². The predicted octanol–water partition coefficient (Wildman–Crippen LogP) is 0.429. The summed E-state index contributed by atoms with van der Waals surface area (Å²) in [5.41, 5.74) is 0.000648. The Morgan fingerprint density at radius 2 is 2.14 bits per heavy atom. The summed E-state index contributed by atoms with van der Waals surface area (Å²) in [6.45, 7) is 0. The van der Waals surface area contributed by atoms with E-state index in [1.165, 1.54) is 18.3 Å². The molecule has 0 saturated carbocycles. The van der Waals surface area contributed by atoms with Gasteiger partial charge in [0.25, 0.3) is 5.88 Å². The number of pyridine rings is 1. The molecule has 0 aromatic carbocycles. The van der Waals surface area contributed by atoms with Crippen molar-refractivity contribution < 1.29 is 15.0 Å². The Kier molecular flexibility index (Phi) is 1.74. The second-order valence-corrected chi connectivity index (χ2v) is 2.61. The number of carbonyl (C=O) groups is 1. The second kappa shape index (κ2) is 2.91. The van der Waals surface area contributed by atoms with Crippen molar-refractivity contribution in [3.05, 3.63) is 24.0 Å². The van der Waals surface area contributed by atoms with Gasteiger partial charge in [-0.2, -0.15) is 5.10 Å². The zero-order chi connectivity index (χ0) is 10.1. The zero-order valence-corrected chi connectivity index (χ0v) is 6.88. The van der Waals surface area contributed by atoms with Gasteiger partial charge in [0.1, 0.15) is 11.2 Å². The number of aromatic carboxylic acids is 1. The van der Waals surface area contributed by atoms with Crippen molar-refractivity contribution in [2.45, 2.75) is 0 Å². The standard InChI is InChI=1S/C8H5N3O3/c12-7-6-4(3-9-11-7)1-2-5(10-6)8(13)14/h1-3H,(H,11,12)(H,13,14). The molecule has 0 amide bonds. The lowest BCUT2D eigenvalue weighted by molar-refractivity contribution is 0.0691. The van der Waals surface area contributed by atoms with Crippen LogP contribution in [0.1, 0.15) is 10.5 Å². The lowest BCUT2D eigenvalue weighted by atomic mass is 10.2. The van der Waals surface area contributed by atoms with E-state index in [0.29, 0.717) is 5.39 Å². The van der Waals surface area contributed by atoms with Gasteiger partial charge in [-0.3, -0.25) is 0 Å². The van der Waals surface area contributed by atoms with Gasteiger partial charge in [-0.25, -0.2) is 9.78 Å². The maximum absolute atomic E-state index is 10.6. The highest BCUT2D eigenvalue weighted by Crippen LogP contribution is 2.18. The first-order chi connectivity index (χ1) is 6.68.